The minimum Gasteiger partial charge on any atom is -0.373 e. The van der Waals surface area contributed by atoms with Crippen molar-refractivity contribution >= 4 is 11.7 Å². The van der Waals surface area contributed by atoms with Gasteiger partial charge in [0.25, 0.3) is 5.91 Å². The van der Waals surface area contributed by atoms with E-state index in [0.29, 0.717) is 31.1 Å². The van der Waals surface area contributed by atoms with Gasteiger partial charge in [0.1, 0.15) is 17.7 Å². The standard InChI is InChI=1S/C15H20N6O2/c1-10-18-12(6-14(16-2)19-10)13-9-21(4-5-23-13)15(22)11-7-17-20(3)8-11/h6-8,13H,4-5,9H2,1-3H3,(H,16,18,19)/t13-/m1/s1. The van der Waals surface area contributed by atoms with Crippen LogP contribution in [0.3, 0.4) is 0 Å². The number of aryl methyl sites for hydroxylation is 2. The highest BCUT2D eigenvalue weighted by atomic mass is 16.5. The van der Waals surface area contributed by atoms with Gasteiger partial charge in [-0.2, -0.15) is 5.10 Å². The van der Waals surface area contributed by atoms with E-state index in [0.717, 1.165) is 11.5 Å². The van der Waals surface area contributed by atoms with Crippen LogP contribution in [-0.4, -0.2) is 57.3 Å². The van der Waals surface area contributed by atoms with Crippen LogP contribution in [0.4, 0.5) is 5.82 Å². The summed E-state index contributed by atoms with van der Waals surface area (Å²) in [6, 6.07) is 1.86. The Morgan fingerprint density at radius 2 is 2.26 bits per heavy atom. The summed E-state index contributed by atoms with van der Waals surface area (Å²) in [6.45, 7) is 3.35. The normalized spacial score (nSPS) is 18.0. The Kier molecular flexibility index (Phi) is 4.24. The fourth-order valence-corrected chi connectivity index (χ4v) is 2.61. The molecule has 0 bridgehead atoms. The third kappa shape index (κ3) is 3.31. The number of carbonyl (C=O) groups excluding carboxylic acids is 1. The number of hydrogen-bond acceptors (Lipinski definition) is 6. The number of nitrogens with zero attached hydrogens (tertiary/aromatic N) is 5. The molecule has 122 valence electrons. The molecule has 3 rings (SSSR count). The zero-order valence-electron chi connectivity index (χ0n) is 13.5. The number of hydrogen-bond donors (Lipinski definition) is 1. The monoisotopic (exact) mass is 316 g/mol. The summed E-state index contributed by atoms with van der Waals surface area (Å²) in [5, 5.41) is 7.06. The Morgan fingerprint density at radius 1 is 1.43 bits per heavy atom. The number of amides is 1. The van der Waals surface area contributed by atoms with Crippen molar-refractivity contribution in [2.75, 3.05) is 32.1 Å². The first-order valence-electron chi connectivity index (χ1n) is 7.49. The predicted octanol–water partition coefficient (Wildman–Crippen LogP) is 0.774. The molecule has 1 amide bonds. The van der Waals surface area contributed by atoms with Gasteiger partial charge >= 0.3 is 0 Å². The molecule has 23 heavy (non-hydrogen) atoms. The lowest BCUT2D eigenvalue weighted by Gasteiger charge is -2.32. The molecule has 1 N–H and O–H groups in total. The van der Waals surface area contributed by atoms with E-state index in [1.807, 2.05) is 20.0 Å². The van der Waals surface area contributed by atoms with Crippen LogP contribution in [0.1, 0.15) is 28.0 Å². The fraction of sp³-hybridized carbons (Fsp3) is 0.467. The van der Waals surface area contributed by atoms with Crippen LogP contribution in [0.25, 0.3) is 0 Å². The molecule has 8 heteroatoms. The summed E-state index contributed by atoms with van der Waals surface area (Å²) in [5.41, 5.74) is 1.37. The summed E-state index contributed by atoms with van der Waals surface area (Å²) < 4.78 is 7.43. The lowest BCUT2D eigenvalue weighted by molar-refractivity contribution is -0.0248. The summed E-state index contributed by atoms with van der Waals surface area (Å²) in [4.78, 5) is 23.1. The lowest BCUT2D eigenvalue weighted by Crippen LogP contribution is -2.42. The number of rotatable bonds is 3. The first-order valence-corrected chi connectivity index (χ1v) is 7.49. The molecule has 0 spiro atoms. The molecule has 2 aromatic rings. The number of carbonyl (C=O) groups is 1. The van der Waals surface area contributed by atoms with E-state index in [-0.39, 0.29) is 12.0 Å². The summed E-state index contributed by atoms with van der Waals surface area (Å²) in [6.07, 6.45) is 3.06. The molecule has 3 heterocycles. The van der Waals surface area contributed by atoms with Crippen molar-refractivity contribution in [3.05, 3.63) is 35.5 Å². The van der Waals surface area contributed by atoms with Crippen molar-refractivity contribution in [1.29, 1.82) is 0 Å². The van der Waals surface area contributed by atoms with Crippen molar-refractivity contribution in [3.63, 3.8) is 0 Å². The Morgan fingerprint density at radius 3 is 2.96 bits per heavy atom. The molecule has 2 aromatic heterocycles. The lowest BCUT2D eigenvalue weighted by atomic mass is 10.1. The van der Waals surface area contributed by atoms with Gasteiger partial charge in [-0.05, 0) is 6.92 Å². The molecule has 1 fully saturated rings. The molecule has 0 aliphatic carbocycles. The van der Waals surface area contributed by atoms with Gasteiger partial charge in [-0.25, -0.2) is 9.97 Å². The van der Waals surface area contributed by atoms with E-state index in [9.17, 15) is 4.79 Å². The third-order valence-corrected chi connectivity index (χ3v) is 3.75. The van der Waals surface area contributed by atoms with Crippen LogP contribution in [-0.2, 0) is 11.8 Å². The second-order valence-corrected chi connectivity index (χ2v) is 5.49. The van der Waals surface area contributed by atoms with E-state index in [2.05, 4.69) is 20.4 Å². The number of aromatic nitrogens is 4. The Labute approximate surface area is 134 Å². The minimum absolute atomic E-state index is 0.0361. The second kappa shape index (κ2) is 6.33. The van der Waals surface area contributed by atoms with Gasteiger partial charge in [-0.15, -0.1) is 0 Å². The van der Waals surface area contributed by atoms with Crippen LogP contribution in [0.15, 0.2) is 18.5 Å². The van der Waals surface area contributed by atoms with Crippen molar-refractivity contribution in [2.45, 2.75) is 13.0 Å². The second-order valence-electron chi connectivity index (χ2n) is 5.49. The van der Waals surface area contributed by atoms with Crippen molar-refractivity contribution in [3.8, 4) is 0 Å². The van der Waals surface area contributed by atoms with Crippen molar-refractivity contribution in [2.24, 2.45) is 7.05 Å². The molecular formula is C15H20N6O2. The topological polar surface area (TPSA) is 85.2 Å². The highest BCUT2D eigenvalue weighted by Gasteiger charge is 2.28. The van der Waals surface area contributed by atoms with Gasteiger partial charge in [0, 0.05) is 32.9 Å². The van der Waals surface area contributed by atoms with Crippen LogP contribution < -0.4 is 5.32 Å². The van der Waals surface area contributed by atoms with Crippen LogP contribution in [0.2, 0.25) is 0 Å². The summed E-state index contributed by atoms with van der Waals surface area (Å²) in [7, 11) is 3.60. The smallest absolute Gasteiger partial charge is 0.257 e. The molecule has 8 nitrogen and oxygen atoms in total. The minimum atomic E-state index is -0.252. The zero-order valence-corrected chi connectivity index (χ0v) is 13.5. The van der Waals surface area contributed by atoms with Crippen LogP contribution >= 0.6 is 0 Å². The molecule has 1 aliphatic rings. The van der Waals surface area contributed by atoms with Gasteiger partial charge in [0.2, 0.25) is 0 Å². The quantitative estimate of drug-likeness (QED) is 0.900. The highest BCUT2D eigenvalue weighted by Crippen LogP contribution is 2.23. The highest BCUT2D eigenvalue weighted by molar-refractivity contribution is 5.93. The van der Waals surface area contributed by atoms with E-state index in [4.69, 9.17) is 4.74 Å². The zero-order chi connectivity index (χ0) is 16.4. The van der Waals surface area contributed by atoms with E-state index in [1.54, 1.807) is 29.0 Å². The SMILES string of the molecule is CNc1cc([C@H]2CN(C(=O)c3cnn(C)c3)CCO2)nc(C)n1. The summed E-state index contributed by atoms with van der Waals surface area (Å²) in [5.74, 6) is 1.38. The van der Waals surface area contributed by atoms with Gasteiger partial charge in [-0.3, -0.25) is 9.48 Å². The van der Waals surface area contributed by atoms with E-state index >= 15 is 0 Å². The fourth-order valence-electron chi connectivity index (χ4n) is 2.61. The molecule has 1 atom stereocenters. The molecular weight excluding hydrogens is 296 g/mol. The van der Waals surface area contributed by atoms with Gasteiger partial charge in [0.05, 0.1) is 30.6 Å². The summed E-state index contributed by atoms with van der Waals surface area (Å²) >= 11 is 0. The van der Waals surface area contributed by atoms with E-state index < -0.39 is 0 Å². The molecule has 1 aliphatic heterocycles. The average molecular weight is 316 g/mol. The first-order chi connectivity index (χ1) is 11.1. The number of ether oxygens (including phenoxy) is 1. The molecule has 1 saturated heterocycles. The largest absolute Gasteiger partial charge is 0.373 e. The number of nitrogens with one attached hydrogen (secondary N) is 1. The molecule has 0 saturated carbocycles. The Balaban J connectivity index is 1.78. The maximum atomic E-state index is 12.6. The van der Waals surface area contributed by atoms with Crippen LogP contribution in [0.5, 0.6) is 0 Å². The van der Waals surface area contributed by atoms with Crippen molar-refractivity contribution < 1.29 is 9.53 Å². The van der Waals surface area contributed by atoms with Gasteiger partial charge in [-0.1, -0.05) is 0 Å². The Bertz CT molecular complexity index is 714. The van der Waals surface area contributed by atoms with E-state index in [1.165, 1.54) is 0 Å². The van der Waals surface area contributed by atoms with Gasteiger partial charge < -0.3 is 15.0 Å². The third-order valence-electron chi connectivity index (χ3n) is 3.75. The van der Waals surface area contributed by atoms with Crippen molar-refractivity contribution in [1.82, 2.24) is 24.6 Å². The Hall–Kier alpha value is -2.48. The molecule has 0 aromatic carbocycles. The maximum Gasteiger partial charge on any atom is 0.257 e. The van der Waals surface area contributed by atoms with Crippen LogP contribution in [0, 0.1) is 6.92 Å². The molecule has 0 radical (unpaired) electrons. The number of morpholine rings is 1. The number of anilines is 1. The predicted molar refractivity (Wildman–Crippen MR) is 84.1 cm³/mol. The first kappa shape index (κ1) is 15.4. The molecule has 0 unspecified atom stereocenters. The maximum absolute atomic E-state index is 12.6. The average Bonchev–Trinajstić information content (AvgIpc) is 3.00. The van der Waals surface area contributed by atoms with Gasteiger partial charge in [0.15, 0.2) is 0 Å².